The quantitative estimate of drug-likeness (QED) is 0.825. The van der Waals surface area contributed by atoms with Crippen LogP contribution in [0.4, 0.5) is 4.39 Å². The topological polar surface area (TPSA) is 21.3 Å². The summed E-state index contributed by atoms with van der Waals surface area (Å²) in [7, 11) is 0. The second-order valence-corrected chi connectivity index (χ2v) is 6.35. The molecule has 2 aromatic rings. The minimum Gasteiger partial charge on any atom is -0.454 e. The van der Waals surface area contributed by atoms with Crippen LogP contribution < -0.4 is 10.1 Å². The Morgan fingerprint density at radius 3 is 2.62 bits per heavy atom. The maximum atomic E-state index is 13.8. The summed E-state index contributed by atoms with van der Waals surface area (Å²) < 4.78 is 20.2. The molecule has 0 unspecified atom stereocenters. The molecule has 2 aromatic carbocycles. The number of hydrogen-bond acceptors (Lipinski definition) is 2. The van der Waals surface area contributed by atoms with Crippen LogP contribution in [0.25, 0.3) is 0 Å². The summed E-state index contributed by atoms with van der Waals surface area (Å²) in [6.45, 7) is 2.85. The van der Waals surface area contributed by atoms with Gasteiger partial charge >= 0.3 is 0 Å². The Morgan fingerprint density at radius 1 is 1.19 bits per heavy atom. The number of rotatable bonds is 5. The normalized spacial score (nSPS) is 14.2. The van der Waals surface area contributed by atoms with Gasteiger partial charge in [-0.1, -0.05) is 28.1 Å². The van der Waals surface area contributed by atoms with E-state index in [0.717, 1.165) is 12.1 Å². The van der Waals surface area contributed by atoms with E-state index in [9.17, 15) is 4.39 Å². The van der Waals surface area contributed by atoms with Gasteiger partial charge in [0.1, 0.15) is 5.75 Å². The van der Waals surface area contributed by atoms with E-state index in [1.54, 1.807) is 12.1 Å². The summed E-state index contributed by atoms with van der Waals surface area (Å²) in [6.07, 6.45) is 2.56. The van der Waals surface area contributed by atoms with Crippen molar-refractivity contribution in [2.24, 2.45) is 0 Å². The lowest BCUT2D eigenvalue weighted by molar-refractivity contribution is 0.439. The highest BCUT2D eigenvalue weighted by Gasteiger charge is 2.20. The van der Waals surface area contributed by atoms with Gasteiger partial charge in [0.2, 0.25) is 0 Å². The molecular weight excluding hydrogens is 333 g/mol. The van der Waals surface area contributed by atoms with Crippen molar-refractivity contribution < 1.29 is 9.13 Å². The fraction of sp³-hybridized carbons (Fsp3) is 0.294. The van der Waals surface area contributed by atoms with Crippen molar-refractivity contribution in [3.8, 4) is 11.5 Å². The van der Waals surface area contributed by atoms with E-state index in [4.69, 9.17) is 4.74 Å². The van der Waals surface area contributed by atoms with Crippen molar-refractivity contribution in [3.63, 3.8) is 0 Å². The van der Waals surface area contributed by atoms with Crippen LogP contribution in [-0.4, -0.2) is 6.04 Å². The molecule has 1 fully saturated rings. The second kappa shape index (κ2) is 6.16. The Hall–Kier alpha value is -1.39. The van der Waals surface area contributed by atoms with Crippen molar-refractivity contribution >= 4 is 15.9 Å². The summed E-state index contributed by atoms with van der Waals surface area (Å²) >= 11 is 3.24. The highest BCUT2D eigenvalue weighted by atomic mass is 79.9. The van der Waals surface area contributed by atoms with Crippen LogP contribution in [-0.2, 0) is 6.54 Å². The van der Waals surface area contributed by atoms with E-state index < -0.39 is 0 Å². The number of benzene rings is 2. The van der Waals surface area contributed by atoms with Crippen molar-refractivity contribution in [2.45, 2.75) is 32.4 Å². The highest BCUT2D eigenvalue weighted by molar-refractivity contribution is 9.10. The standard InChI is InChI=1S/C17H17BrFNO/c1-11-8-12(10-20-14-4-5-14)2-6-16(11)21-17-7-3-13(18)9-15(17)19/h2-3,6-9,14,20H,4-5,10H2,1H3. The fourth-order valence-electron chi connectivity index (χ4n) is 2.16. The lowest BCUT2D eigenvalue weighted by atomic mass is 10.1. The maximum absolute atomic E-state index is 13.8. The molecule has 0 aliphatic heterocycles. The van der Waals surface area contributed by atoms with Crippen LogP contribution in [0, 0.1) is 12.7 Å². The van der Waals surface area contributed by atoms with Crippen LogP contribution in [0.3, 0.4) is 0 Å². The van der Waals surface area contributed by atoms with Crippen LogP contribution in [0.5, 0.6) is 11.5 Å². The van der Waals surface area contributed by atoms with Crippen LogP contribution in [0.1, 0.15) is 24.0 Å². The Balaban J connectivity index is 1.72. The first-order valence-electron chi connectivity index (χ1n) is 7.07. The Morgan fingerprint density at radius 2 is 1.95 bits per heavy atom. The van der Waals surface area contributed by atoms with Gasteiger partial charge in [-0.15, -0.1) is 0 Å². The van der Waals surface area contributed by atoms with Crippen LogP contribution >= 0.6 is 15.9 Å². The number of aryl methyl sites for hydroxylation is 1. The van der Waals surface area contributed by atoms with Crippen molar-refractivity contribution in [2.75, 3.05) is 0 Å². The molecule has 0 radical (unpaired) electrons. The number of halogens is 2. The molecule has 0 aromatic heterocycles. The lowest BCUT2D eigenvalue weighted by Gasteiger charge is -2.11. The second-order valence-electron chi connectivity index (χ2n) is 5.43. The predicted octanol–water partition coefficient (Wildman–Crippen LogP) is 4.94. The summed E-state index contributed by atoms with van der Waals surface area (Å²) in [6, 6.07) is 11.5. The van der Waals surface area contributed by atoms with Gasteiger partial charge < -0.3 is 10.1 Å². The molecule has 0 spiro atoms. The van der Waals surface area contributed by atoms with Gasteiger partial charge in [0.05, 0.1) is 0 Å². The molecule has 0 bridgehead atoms. The Bertz CT molecular complexity index is 655. The first-order chi connectivity index (χ1) is 10.1. The third-order valence-corrected chi connectivity index (χ3v) is 4.02. The zero-order valence-electron chi connectivity index (χ0n) is 11.8. The summed E-state index contributed by atoms with van der Waals surface area (Å²) in [4.78, 5) is 0. The van der Waals surface area contributed by atoms with Crippen LogP contribution in [0.15, 0.2) is 40.9 Å². The third-order valence-electron chi connectivity index (χ3n) is 3.53. The monoisotopic (exact) mass is 349 g/mol. The molecule has 0 saturated heterocycles. The van der Waals surface area contributed by atoms with Gasteiger partial charge in [-0.2, -0.15) is 0 Å². The Kier molecular flexibility index (Phi) is 4.27. The molecule has 110 valence electrons. The summed E-state index contributed by atoms with van der Waals surface area (Å²) in [5.74, 6) is 0.555. The number of ether oxygens (including phenoxy) is 1. The lowest BCUT2D eigenvalue weighted by Crippen LogP contribution is -2.15. The largest absolute Gasteiger partial charge is 0.454 e. The van der Waals surface area contributed by atoms with Gasteiger partial charge in [-0.25, -0.2) is 4.39 Å². The van der Waals surface area contributed by atoms with Gasteiger partial charge in [0.15, 0.2) is 11.6 Å². The highest BCUT2D eigenvalue weighted by Crippen LogP contribution is 2.29. The SMILES string of the molecule is Cc1cc(CNC2CC2)ccc1Oc1ccc(Br)cc1F. The van der Waals surface area contributed by atoms with E-state index in [1.165, 1.54) is 24.5 Å². The molecule has 0 amide bonds. The molecule has 0 heterocycles. The minimum atomic E-state index is -0.372. The molecule has 1 aliphatic carbocycles. The third kappa shape index (κ3) is 3.83. The van der Waals surface area contributed by atoms with E-state index in [1.807, 2.05) is 19.1 Å². The molecule has 21 heavy (non-hydrogen) atoms. The number of nitrogens with one attached hydrogen (secondary N) is 1. The summed E-state index contributed by atoms with van der Waals surface area (Å²) in [5.41, 5.74) is 2.23. The van der Waals surface area contributed by atoms with Gasteiger partial charge in [-0.05, 0) is 55.2 Å². The van der Waals surface area contributed by atoms with Crippen LogP contribution in [0.2, 0.25) is 0 Å². The van der Waals surface area contributed by atoms with Gasteiger partial charge in [-0.3, -0.25) is 0 Å². The number of hydrogen-bond donors (Lipinski definition) is 1. The maximum Gasteiger partial charge on any atom is 0.166 e. The van der Waals surface area contributed by atoms with Crippen molar-refractivity contribution in [1.29, 1.82) is 0 Å². The van der Waals surface area contributed by atoms with Gasteiger partial charge in [0, 0.05) is 17.1 Å². The van der Waals surface area contributed by atoms with Crippen molar-refractivity contribution in [3.05, 3.63) is 57.8 Å². The summed E-state index contributed by atoms with van der Waals surface area (Å²) in [5, 5.41) is 3.48. The van der Waals surface area contributed by atoms with E-state index >= 15 is 0 Å². The minimum absolute atomic E-state index is 0.241. The first kappa shape index (κ1) is 14.5. The van der Waals surface area contributed by atoms with E-state index in [0.29, 0.717) is 16.3 Å². The first-order valence-corrected chi connectivity index (χ1v) is 7.87. The average Bonchev–Trinajstić information content (AvgIpc) is 3.26. The Labute approximate surface area is 132 Å². The molecule has 1 aliphatic rings. The van der Waals surface area contributed by atoms with Crippen molar-refractivity contribution in [1.82, 2.24) is 5.32 Å². The molecule has 0 atom stereocenters. The predicted molar refractivity (Wildman–Crippen MR) is 85.2 cm³/mol. The molecular formula is C17H17BrFNO. The zero-order valence-corrected chi connectivity index (χ0v) is 13.4. The smallest absolute Gasteiger partial charge is 0.166 e. The molecule has 3 rings (SSSR count). The zero-order chi connectivity index (χ0) is 14.8. The molecule has 1 saturated carbocycles. The van der Waals surface area contributed by atoms with Gasteiger partial charge in [0.25, 0.3) is 0 Å². The molecule has 2 nitrogen and oxygen atoms in total. The van der Waals surface area contributed by atoms with E-state index in [-0.39, 0.29) is 11.6 Å². The van der Waals surface area contributed by atoms with E-state index in [2.05, 4.69) is 27.3 Å². The molecule has 4 heteroatoms. The fourth-order valence-corrected chi connectivity index (χ4v) is 2.50. The molecule has 1 N–H and O–H groups in total. The average molecular weight is 350 g/mol.